The Hall–Kier alpha value is -2.63. The number of carbonyl (C=O) groups excluding carboxylic acids is 2. The molecule has 0 aromatic carbocycles. The summed E-state index contributed by atoms with van der Waals surface area (Å²) in [5.74, 6) is 0.332. The lowest BCUT2D eigenvalue weighted by Gasteiger charge is -2.06. The molecule has 2 amide bonds. The maximum atomic E-state index is 12.0. The van der Waals surface area contributed by atoms with Crippen LogP contribution in [0.4, 0.5) is 0 Å². The van der Waals surface area contributed by atoms with Crippen LogP contribution >= 0.6 is 0 Å². The zero-order valence-electron chi connectivity index (χ0n) is 11.1. The Morgan fingerprint density at radius 1 is 1.25 bits per heavy atom. The van der Waals surface area contributed by atoms with Crippen LogP contribution < -0.4 is 10.6 Å². The van der Waals surface area contributed by atoms with Crippen LogP contribution in [0.3, 0.4) is 0 Å². The van der Waals surface area contributed by atoms with Gasteiger partial charge in [-0.25, -0.2) is 0 Å². The summed E-state index contributed by atoms with van der Waals surface area (Å²) in [5.41, 5.74) is 1.12. The van der Waals surface area contributed by atoms with Crippen molar-refractivity contribution >= 4 is 11.8 Å². The van der Waals surface area contributed by atoms with E-state index < -0.39 is 0 Å². The summed E-state index contributed by atoms with van der Waals surface area (Å²) in [6.07, 6.45) is 3.10. The van der Waals surface area contributed by atoms with Gasteiger partial charge in [-0.1, -0.05) is 0 Å². The molecule has 20 heavy (non-hydrogen) atoms. The van der Waals surface area contributed by atoms with Crippen molar-refractivity contribution in [3.05, 3.63) is 53.7 Å². The number of pyridine rings is 1. The van der Waals surface area contributed by atoms with Crippen molar-refractivity contribution in [2.45, 2.75) is 20.0 Å². The minimum absolute atomic E-state index is 0.139. The Morgan fingerprint density at radius 2 is 2.10 bits per heavy atom. The fourth-order valence-electron chi connectivity index (χ4n) is 1.61. The van der Waals surface area contributed by atoms with E-state index in [1.165, 1.54) is 6.92 Å². The van der Waals surface area contributed by atoms with Gasteiger partial charge in [0.2, 0.25) is 5.91 Å². The first-order valence-corrected chi connectivity index (χ1v) is 6.15. The Balaban J connectivity index is 1.95. The highest BCUT2D eigenvalue weighted by Crippen LogP contribution is 2.04. The summed E-state index contributed by atoms with van der Waals surface area (Å²) < 4.78 is 5.13. The zero-order chi connectivity index (χ0) is 14.4. The quantitative estimate of drug-likeness (QED) is 0.858. The second-order valence-corrected chi connectivity index (χ2v) is 4.21. The number of aromatic nitrogens is 1. The van der Waals surface area contributed by atoms with Gasteiger partial charge in [0.25, 0.3) is 5.91 Å². The lowest BCUT2D eigenvalue weighted by Crippen LogP contribution is -2.23. The van der Waals surface area contributed by atoms with Gasteiger partial charge in [-0.05, 0) is 24.3 Å². The summed E-state index contributed by atoms with van der Waals surface area (Å²) in [6.45, 7) is 2.06. The Labute approximate surface area is 116 Å². The molecule has 0 aliphatic rings. The van der Waals surface area contributed by atoms with Gasteiger partial charge >= 0.3 is 0 Å². The van der Waals surface area contributed by atoms with Crippen molar-refractivity contribution in [2.75, 3.05) is 0 Å². The molecule has 104 valence electrons. The van der Waals surface area contributed by atoms with E-state index in [1.54, 1.807) is 36.7 Å². The van der Waals surface area contributed by atoms with E-state index in [-0.39, 0.29) is 11.8 Å². The smallest absolute Gasteiger partial charge is 0.251 e. The minimum atomic E-state index is -0.215. The molecule has 2 rings (SSSR count). The van der Waals surface area contributed by atoms with Gasteiger partial charge in [-0.3, -0.25) is 14.6 Å². The lowest BCUT2D eigenvalue weighted by atomic mass is 10.2. The first-order chi connectivity index (χ1) is 9.65. The minimum Gasteiger partial charge on any atom is -0.467 e. The molecule has 0 saturated carbocycles. The standard InChI is InChI=1S/C14H15N3O3/c1-10(18)16-8-12-7-11(4-5-15-12)14(19)17-9-13-3-2-6-20-13/h2-7H,8-9H2,1H3,(H,16,18)(H,17,19). The highest BCUT2D eigenvalue weighted by atomic mass is 16.3. The van der Waals surface area contributed by atoms with Crippen molar-refractivity contribution in [2.24, 2.45) is 0 Å². The van der Waals surface area contributed by atoms with E-state index in [2.05, 4.69) is 15.6 Å². The average Bonchev–Trinajstić information content (AvgIpc) is 2.96. The molecule has 2 aromatic heterocycles. The number of hydrogen-bond acceptors (Lipinski definition) is 4. The molecule has 0 saturated heterocycles. The second-order valence-electron chi connectivity index (χ2n) is 4.21. The lowest BCUT2D eigenvalue weighted by molar-refractivity contribution is -0.119. The Kier molecular flexibility index (Phi) is 4.49. The molecule has 0 fully saturated rings. The second kappa shape index (κ2) is 6.51. The number of furan rings is 1. The highest BCUT2D eigenvalue weighted by molar-refractivity contribution is 5.94. The molecule has 2 aromatic rings. The molecule has 2 heterocycles. The predicted molar refractivity (Wildman–Crippen MR) is 71.6 cm³/mol. The van der Waals surface area contributed by atoms with Crippen LogP contribution in [-0.2, 0) is 17.9 Å². The molecule has 0 bridgehead atoms. The summed E-state index contributed by atoms with van der Waals surface area (Å²) in [4.78, 5) is 26.9. The fraction of sp³-hybridized carbons (Fsp3) is 0.214. The number of nitrogens with one attached hydrogen (secondary N) is 2. The van der Waals surface area contributed by atoms with Crippen molar-refractivity contribution < 1.29 is 14.0 Å². The number of rotatable bonds is 5. The van der Waals surface area contributed by atoms with Crippen LogP contribution in [0.25, 0.3) is 0 Å². The van der Waals surface area contributed by atoms with E-state index in [1.807, 2.05) is 0 Å². The Morgan fingerprint density at radius 3 is 2.80 bits per heavy atom. The van der Waals surface area contributed by atoms with E-state index in [0.717, 1.165) is 0 Å². The van der Waals surface area contributed by atoms with Gasteiger partial charge in [0.05, 0.1) is 25.0 Å². The largest absolute Gasteiger partial charge is 0.467 e. The maximum Gasteiger partial charge on any atom is 0.251 e. The number of nitrogens with zero attached hydrogens (tertiary/aromatic N) is 1. The summed E-state index contributed by atoms with van der Waals surface area (Å²) in [5, 5.41) is 5.38. The first-order valence-electron chi connectivity index (χ1n) is 6.15. The van der Waals surface area contributed by atoms with Gasteiger partial charge in [0.1, 0.15) is 5.76 Å². The van der Waals surface area contributed by atoms with Crippen molar-refractivity contribution in [3.8, 4) is 0 Å². The van der Waals surface area contributed by atoms with Crippen molar-refractivity contribution in [1.82, 2.24) is 15.6 Å². The monoisotopic (exact) mass is 273 g/mol. The van der Waals surface area contributed by atoms with Crippen molar-refractivity contribution in [3.63, 3.8) is 0 Å². The zero-order valence-corrected chi connectivity index (χ0v) is 11.1. The van der Waals surface area contributed by atoms with Gasteiger partial charge in [0.15, 0.2) is 0 Å². The van der Waals surface area contributed by atoms with Crippen molar-refractivity contribution in [1.29, 1.82) is 0 Å². The molecular formula is C14H15N3O3. The number of carbonyl (C=O) groups is 2. The number of amides is 2. The topological polar surface area (TPSA) is 84.2 Å². The van der Waals surface area contributed by atoms with Crippen LogP contribution in [-0.4, -0.2) is 16.8 Å². The molecular weight excluding hydrogens is 258 g/mol. The third-order valence-corrected chi connectivity index (χ3v) is 2.60. The van der Waals surface area contributed by atoms with Gasteiger partial charge < -0.3 is 15.1 Å². The van der Waals surface area contributed by atoms with E-state index in [9.17, 15) is 9.59 Å². The van der Waals surface area contributed by atoms with E-state index >= 15 is 0 Å². The summed E-state index contributed by atoms with van der Waals surface area (Å²) >= 11 is 0. The van der Waals surface area contributed by atoms with Crippen LogP contribution in [0.15, 0.2) is 41.1 Å². The third-order valence-electron chi connectivity index (χ3n) is 2.60. The van der Waals surface area contributed by atoms with Gasteiger partial charge in [-0.15, -0.1) is 0 Å². The van der Waals surface area contributed by atoms with E-state index in [4.69, 9.17) is 4.42 Å². The fourth-order valence-corrected chi connectivity index (χ4v) is 1.61. The Bertz CT molecular complexity index is 593. The maximum absolute atomic E-state index is 12.0. The molecule has 6 nitrogen and oxygen atoms in total. The molecule has 0 radical (unpaired) electrons. The number of hydrogen-bond donors (Lipinski definition) is 2. The summed E-state index contributed by atoms with van der Waals surface area (Å²) in [7, 11) is 0. The van der Waals surface area contributed by atoms with Gasteiger partial charge in [-0.2, -0.15) is 0 Å². The van der Waals surface area contributed by atoms with Crippen LogP contribution in [0.5, 0.6) is 0 Å². The van der Waals surface area contributed by atoms with E-state index in [0.29, 0.717) is 30.1 Å². The predicted octanol–water partition coefficient (Wildman–Crippen LogP) is 1.24. The third kappa shape index (κ3) is 3.94. The highest BCUT2D eigenvalue weighted by Gasteiger charge is 2.07. The normalized spacial score (nSPS) is 10.1. The average molecular weight is 273 g/mol. The molecule has 0 aliphatic heterocycles. The van der Waals surface area contributed by atoms with Crippen LogP contribution in [0.1, 0.15) is 28.7 Å². The van der Waals surface area contributed by atoms with Crippen LogP contribution in [0.2, 0.25) is 0 Å². The molecule has 0 aliphatic carbocycles. The summed E-state index contributed by atoms with van der Waals surface area (Å²) in [6, 6.07) is 6.82. The van der Waals surface area contributed by atoms with Crippen LogP contribution in [0, 0.1) is 0 Å². The molecule has 0 spiro atoms. The molecule has 0 atom stereocenters. The van der Waals surface area contributed by atoms with Gasteiger partial charge in [0, 0.05) is 18.7 Å². The molecule has 6 heteroatoms. The molecule has 2 N–H and O–H groups in total. The first kappa shape index (κ1) is 13.8. The SMILES string of the molecule is CC(=O)NCc1cc(C(=O)NCc2ccco2)ccn1. The molecule has 0 unspecified atom stereocenters.